The lowest BCUT2D eigenvalue weighted by Gasteiger charge is -2.30. The molecule has 1 amide bonds. The lowest BCUT2D eigenvalue weighted by atomic mass is 9.93. The highest BCUT2D eigenvalue weighted by Crippen LogP contribution is 2.17. The van der Waals surface area contributed by atoms with Gasteiger partial charge in [0.25, 0.3) is 5.91 Å². The third-order valence-corrected chi connectivity index (χ3v) is 3.20. The van der Waals surface area contributed by atoms with E-state index in [4.69, 9.17) is 7.85 Å². The van der Waals surface area contributed by atoms with E-state index in [2.05, 4.69) is 6.92 Å². The third kappa shape index (κ3) is 2.46. The fourth-order valence-electron chi connectivity index (χ4n) is 2.07. The van der Waals surface area contributed by atoms with Crippen molar-refractivity contribution < 1.29 is 4.79 Å². The van der Waals surface area contributed by atoms with Gasteiger partial charge < -0.3 is 4.90 Å². The molecule has 2 rings (SSSR count). The molecule has 0 spiro atoms. The van der Waals surface area contributed by atoms with E-state index in [0.29, 0.717) is 11.0 Å². The number of nitrogens with zero attached hydrogens (tertiary/aromatic N) is 1. The van der Waals surface area contributed by atoms with Gasteiger partial charge in [0, 0.05) is 18.7 Å². The van der Waals surface area contributed by atoms with Gasteiger partial charge in [0.2, 0.25) is 0 Å². The van der Waals surface area contributed by atoms with Gasteiger partial charge in [-0.05, 0) is 24.8 Å². The molecule has 0 unspecified atom stereocenters. The van der Waals surface area contributed by atoms with Gasteiger partial charge in [-0.25, -0.2) is 0 Å². The Kier molecular flexibility index (Phi) is 3.32. The standard InChI is InChI=1S/C13H16BNO/c1-10-5-7-15(8-6-10)13(16)11-3-2-4-12(14)9-11/h2-4,9-10H,5-8H2,1H3. The van der Waals surface area contributed by atoms with E-state index in [0.717, 1.165) is 31.8 Å². The zero-order chi connectivity index (χ0) is 11.5. The van der Waals surface area contributed by atoms with Crippen molar-refractivity contribution in [2.75, 3.05) is 13.1 Å². The minimum atomic E-state index is 0.110. The van der Waals surface area contributed by atoms with Crippen molar-refractivity contribution in [3.63, 3.8) is 0 Å². The van der Waals surface area contributed by atoms with Crippen LogP contribution in [0.3, 0.4) is 0 Å². The molecular formula is C13H16BNO. The van der Waals surface area contributed by atoms with E-state index in [1.165, 1.54) is 0 Å². The molecule has 0 aliphatic carbocycles. The zero-order valence-electron chi connectivity index (χ0n) is 9.65. The van der Waals surface area contributed by atoms with Gasteiger partial charge in [0.05, 0.1) is 0 Å². The molecule has 0 N–H and O–H groups in total. The van der Waals surface area contributed by atoms with Crippen molar-refractivity contribution in [3.8, 4) is 0 Å². The van der Waals surface area contributed by atoms with Crippen molar-refractivity contribution in [2.45, 2.75) is 19.8 Å². The molecule has 1 aromatic carbocycles. The van der Waals surface area contributed by atoms with Crippen molar-refractivity contribution in [3.05, 3.63) is 29.8 Å². The molecule has 1 fully saturated rings. The smallest absolute Gasteiger partial charge is 0.253 e. The maximum absolute atomic E-state index is 12.1. The lowest BCUT2D eigenvalue weighted by molar-refractivity contribution is 0.0697. The summed E-state index contributed by atoms with van der Waals surface area (Å²) in [5, 5.41) is 0. The number of rotatable bonds is 1. The Labute approximate surface area is 98.1 Å². The second-order valence-electron chi connectivity index (χ2n) is 4.60. The van der Waals surface area contributed by atoms with E-state index in [1.807, 2.05) is 17.0 Å². The molecule has 0 atom stereocenters. The first-order chi connectivity index (χ1) is 7.66. The Balaban J connectivity index is 2.08. The summed E-state index contributed by atoms with van der Waals surface area (Å²) in [7, 11) is 5.68. The predicted molar refractivity (Wildman–Crippen MR) is 66.1 cm³/mol. The van der Waals surface area contributed by atoms with Crippen LogP contribution >= 0.6 is 0 Å². The highest BCUT2D eigenvalue weighted by molar-refractivity contribution is 6.32. The number of carbonyl (C=O) groups is 1. The summed E-state index contributed by atoms with van der Waals surface area (Å²) in [5.41, 5.74) is 1.35. The van der Waals surface area contributed by atoms with Crippen molar-refractivity contribution in [1.82, 2.24) is 4.90 Å². The maximum Gasteiger partial charge on any atom is 0.253 e. The molecule has 82 valence electrons. The first-order valence-electron chi connectivity index (χ1n) is 5.81. The average Bonchev–Trinajstić information content (AvgIpc) is 2.29. The third-order valence-electron chi connectivity index (χ3n) is 3.20. The van der Waals surface area contributed by atoms with Crippen LogP contribution < -0.4 is 5.46 Å². The molecule has 1 aliphatic heterocycles. The van der Waals surface area contributed by atoms with Crippen LogP contribution in [0, 0.1) is 5.92 Å². The second-order valence-corrected chi connectivity index (χ2v) is 4.60. The van der Waals surface area contributed by atoms with Crippen LogP contribution in [0.2, 0.25) is 0 Å². The molecular weight excluding hydrogens is 197 g/mol. The summed E-state index contributed by atoms with van der Waals surface area (Å²) in [6, 6.07) is 7.21. The van der Waals surface area contributed by atoms with Crippen LogP contribution in [0.5, 0.6) is 0 Å². The Morgan fingerprint density at radius 3 is 2.69 bits per heavy atom. The predicted octanol–water partition coefficient (Wildman–Crippen LogP) is 1.35. The minimum absolute atomic E-state index is 0.110. The summed E-state index contributed by atoms with van der Waals surface area (Å²) in [6.45, 7) is 3.98. The molecule has 3 heteroatoms. The molecule has 1 aromatic rings. The molecule has 1 aliphatic rings. The van der Waals surface area contributed by atoms with Gasteiger partial charge in [-0.2, -0.15) is 0 Å². The normalized spacial score (nSPS) is 17.4. The first-order valence-corrected chi connectivity index (χ1v) is 5.81. The lowest BCUT2D eigenvalue weighted by Crippen LogP contribution is -2.38. The summed E-state index contributed by atoms with van der Waals surface area (Å²) < 4.78 is 0. The number of hydrogen-bond donors (Lipinski definition) is 0. The Bertz CT molecular complexity index is 383. The number of amides is 1. The van der Waals surface area contributed by atoms with Gasteiger partial charge in [0.15, 0.2) is 0 Å². The van der Waals surface area contributed by atoms with E-state index >= 15 is 0 Å². The number of carbonyl (C=O) groups excluding carboxylic acids is 1. The molecule has 0 saturated carbocycles. The molecule has 0 aromatic heterocycles. The molecule has 16 heavy (non-hydrogen) atoms. The van der Waals surface area contributed by atoms with Crippen LogP contribution in [0.1, 0.15) is 30.1 Å². The van der Waals surface area contributed by atoms with Gasteiger partial charge in [0.1, 0.15) is 7.85 Å². The molecule has 2 radical (unpaired) electrons. The number of benzene rings is 1. The van der Waals surface area contributed by atoms with Crippen LogP contribution in [0.25, 0.3) is 0 Å². The van der Waals surface area contributed by atoms with Gasteiger partial charge >= 0.3 is 0 Å². The van der Waals surface area contributed by atoms with Gasteiger partial charge in [-0.15, -0.1) is 0 Å². The summed E-state index contributed by atoms with van der Waals surface area (Å²) >= 11 is 0. The number of hydrogen-bond acceptors (Lipinski definition) is 1. The van der Waals surface area contributed by atoms with Crippen molar-refractivity contribution in [1.29, 1.82) is 0 Å². The van der Waals surface area contributed by atoms with Crippen molar-refractivity contribution in [2.24, 2.45) is 5.92 Å². The second kappa shape index (κ2) is 4.73. The Morgan fingerprint density at radius 2 is 2.06 bits per heavy atom. The maximum atomic E-state index is 12.1. The van der Waals surface area contributed by atoms with Crippen LogP contribution in [0.4, 0.5) is 0 Å². The number of piperidine rings is 1. The van der Waals surface area contributed by atoms with Crippen LogP contribution in [-0.2, 0) is 0 Å². The van der Waals surface area contributed by atoms with Crippen molar-refractivity contribution >= 4 is 19.2 Å². The molecule has 2 nitrogen and oxygen atoms in total. The molecule has 1 saturated heterocycles. The van der Waals surface area contributed by atoms with E-state index < -0.39 is 0 Å². The highest BCUT2D eigenvalue weighted by Gasteiger charge is 2.21. The topological polar surface area (TPSA) is 20.3 Å². The summed E-state index contributed by atoms with van der Waals surface area (Å²) in [6.07, 6.45) is 2.21. The summed E-state index contributed by atoms with van der Waals surface area (Å²) in [5.74, 6) is 0.851. The minimum Gasteiger partial charge on any atom is -0.339 e. The first kappa shape index (κ1) is 11.2. The zero-order valence-corrected chi connectivity index (χ0v) is 9.65. The molecule has 1 heterocycles. The van der Waals surface area contributed by atoms with E-state index in [9.17, 15) is 4.79 Å². The van der Waals surface area contributed by atoms with Gasteiger partial charge in [-0.3, -0.25) is 4.79 Å². The Morgan fingerprint density at radius 1 is 1.38 bits per heavy atom. The quantitative estimate of drug-likeness (QED) is 0.645. The number of likely N-dealkylation sites (tertiary alicyclic amines) is 1. The van der Waals surface area contributed by atoms with Crippen LogP contribution in [-0.4, -0.2) is 31.7 Å². The average molecular weight is 213 g/mol. The largest absolute Gasteiger partial charge is 0.339 e. The monoisotopic (exact) mass is 213 g/mol. The van der Waals surface area contributed by atoms with Crippen LogP contribution in [0.15, 0.2) is 24.3 Å². The van der Waals surface area contributed by atoms with E-state index in [1.54, 1.807) is 12.1 Å². The Hall–Kier alpha value is -1.25. The highest BCUT2D eigenvalue weighted by atomic mass is 16.2. The fraction of sp³-hybridized carbons (Fsp3) is 0.462. The molecule has 0 bridgehead atoms. The fourth-order valence-corrected chi connectivity index (χ4v) is 2.07. The van der Waals surface area contributed by atoms with E-state index in [-0.39, 0.29) is 5.91 Å². The summed E-state index contributed by atoms with van der Waals surface area (Å²) in [4.78, 5) is 14.1. The van der Waals surface area contributed by atoms with Gasteiger partial charge in [-0.1, -0.05) is 30.6 Å². The SMILES string of the molecule is [B]c1cccc(C(=O)N2CCC(C)CC2)c1.